The number of nitrogens with two attached hydrogens (primary N) is 1. The minimum Gasteiger partial charge on any atom is -0.384 e. The van der Waals surface area contributed by atoms with Crippen molar-refractivity contribution in [3.05, 3.63) is 60.4 Å². The molecule has 0 radical (unpaired) electrons. The molecule has 0 aliphatic carbocycles. The van der Waals surface area contributed by atoms with E-state index in [0.29, 0.717) is 17.6 Å². The van der Waals surface area contributed by atoms with Gasteiger partial charge in [0.1, 0.15) is 25.8 Å². The maximum Gasteiger partial charge on any atom is 0.214 e. The van der Waals surface area contributed by atoms with Crippen LogP contribution in [-0.2, 0) is 0 Å². The number of nitrogens with one attached hydrogen (secondary N) is 1. The normalized spacial score (nSPS) is 10.9. The van der Waals surface area contributed by atoms with Gasteiger partial charge in [-0.2, -0.15) is 0 Å². The number of aryl methyl sites for hydroxylation is 1. The molecule has 3 N–H and O–H groups in total. The third-order valence-electron chi connectivity index (χ3n) is 4.10. The Balaban J connectivity index is 1.91. The average molecular weight is 328 g/mol. The molecule has 0 unspecified atom stereocenters. The number of aromatic nitrogens is 4. The maximum atomic E-state index is 5.85. The molecule has 2 heterocycles. The van der Waals surface area contributed by atoms with Crippen LogP contribution in [0.15, 0.2) is 54.9 Å². The Kier molecular flexibility index (Phi) is 3.61. The fourth-order valence-corrected chi connectivity index (χ4v) is 2.82. The number of fused-ring (bicyclic) bond motifs is 1. The Hall–Kier alpha value is -3.35. The SMILES string of the molecule is Bc1ccc(C)c(Nc2nc3ccccc3n2-c2cc(N)ncn2)c1. The van der Waals surface area contributed by atoms with E-state index >= 15 is 0 Å². The van der Waals surface area contributed by atoms with Gasteiger partial charge in [-0.05, 0) is 30.7 Å². The fourth-order valence-electron chi connectivity index (χ4n) is 2.82. The van der Waals surface area contributed by atoms with Crippen LogP contribution in [0.4, 0.5) is 17.5 Å². The predicted molar refractivity (Wildman–Crippen MR) is 104 cm³/mol. The minimum absolute atomic E-state index is 0.417. The van der Waals surface area contributed by atoms with Crippen LogP contribution in [-0.4, -0.2) is 27.4 Å². The molecule has 25 heavy (non-hydrogen) atoms. The van der Waals surface area contributed by atoms with Crippen LogP contribution >= 0.6 is 0 Å². The highest BCUT2D eigenvalue weighted by Gasteiger charge is 2.14. The third kappa shape index (κ3) is 2.80. The van der Waals surface area contributed by atoms with Gasteiger partial charge < -0.3 is 11.1 Å². The zero-order valence-electron chi connectivity index (χ0n) is 14.1. The number of hydrogen-bond acceptors (Lipinski definition) is 5. The van der Waals surface area contributed by atoms with Gasteiger partial charge in [0, 0.05) is 11.8 Å². The van der Waals surface area contributed by atoms with Gasteiger partial charge >= 0.3 is 0 Å². The maximum absolute atomic E-state index is 5.85. The zero-order valence-corrected chi connectivity index (χ0v) is 14.1. The van der Waals surface area contributed by atoms with Gasteiger partial charge in [-0.15, -0.1) is 0 Å². The molecule has 122 valence electrons. The highest BCUT2D eigenvalue weighted by molar-refractivity contribution is 6.32. The lowest BCUT2D eigenvalue weighted by Crippen LogP contribution is -2.08. The second-order valence-electron chi connectivity index (χ2n) is 6.00. The Morgan fingerprint density at radius 2 is 1.92 bits per heavy atom. The summed E-state index contributed by atoms with van der Waals surface area (Å²) in [6.45, 7) is 2.07. The molecule has 0 aliphatic rings. The van der Waals surface area contributed by atoms with Gasteiger partial charge in [-0.25, -0.2) is 15.0 Å². The van der Waals surface area contributed by atoms with Crippen LogP contribution < -0.4 is 16.5 Å². The Morgan fingerprint density at radius 3 is 2.76 bits per heavy atom. The lowest BCUT2D eigenvalue weighted by Gasteiger charge is -2.12. The van der Waals surface area contributed by atoms with Crippen molar-refractivity contribution >= 4 is 41.8 Å². The number of imidazole rings is 1. The first-order valence-electron chi connectivity index (χ1n) is 8.01. The summed E-state index contributed by atoms with van der Waals surface area (Å²) >= 11 is 0. The first kappa shape index (κ1) is 15.2. The molecule has 0 saturated carbocycles. The van der Waals surface area contributed by atoms with E-state index in [0.717, 1.165) is 22.3 Å². The van der Waals surface area contributed by atoms with Crippen molar-refractivity contribution in [2.45, 2.75) is 6.92 Å². The number of rotatable bonds is 3. The second kappa shape index (κ2) is 5.94. The predicted octanol–water partition coefficient (Wildman–Crippen LogP) is 1.71. The molecular weight excluding hydrogens is 311 g/mol. The Morgan fingerprint density at radius 1 is 1.08 bits per heavy atom. The van der Waals surface area contributed by atoms with E-state index in [1.165, 1.54) is 11.8 Å². The number of hydrogen-bond donors (Lipinski definition) is 2. The van der Waals surface area contributed by atoms with E-state index in [9.17, 15) is 0 Å². The van der Waals surface area contributed by atoms with Gasteiger partial charge in [0.15, 0.2) is 0 Å². The summed E-state index contributed by atoms with van der Waals surface area (Å²) in [5.41, 5.74) is 11.0. The summed E-state index contributed by atoms with van der Waals surface area (Å²) < 4.78 is 1.95. The summed E-state index contributed by atoms with van der Waals surface area (Å²) in [6, 6.07) is 16.0. The summed E-state index contributed by atoms with van der Waals surface area (Å²) in [7, 11) is 2.07. The van der Waals surface area contributed by atoms with Gasteiger partial charge in [0.2, 0.25) is 5.95 Å². The monoisotopic (exact) mass is 328 g/mol. The Labute approximate surface area is 146 Å². The number of para-hydroxylation sites is 2. The van der Waals surface area contributed by atoms with Crippen molar-refractivity contribution in [1.29, 1.82) is 0 Å². The van der Waals surface area contributed by atoms with Gasteiger partial charge in [0.05, 0.1) is 11.0 Å². The number of nitrogen functional groups attached to an aromatic ring is 1. The quantitative estimate of drug-likeness (QED) is 0.560. The molecule has 0 fully saturated rings. The second-order valence-corrected chi connectivity index (χ2v) is 6.00. The molecule has 2 aromatic heterocycles. The zero-order chi connectivity index (χ0) is 17.4. The third-order valence-corrected chi connectivity index (χ3v) is 4.10. The summed E-state index contributed by atoms with van der Waals surface area (Å²) in [4.78, 5) is 13.1. The van der Waals surface area contributed by atoms with E-state index in [2.05, 4.69) is 48.3 Å². The van der Waals surface area contributed by atoms with E-state index in [1.54, 1.807) is 6.07 Å². The highest BCUT2D eigenvalue weighted by Crippen LogP contribution is 2.27. The molecule has 4 rings (SSSR count). The van der Waals surface area contributed by atoms with E-state index in [1.807, 2.05) is 28.8 Å². The van der Waals surface area contributed by atoms with Crippen LogP contribution in [0, 0.1) is 6.92 Å². The molecule has 4 aromatic rings. The molecule has 0 saturated heterocycles. The molecule has 0 atom stereocenters. The van der Waals surface area contributed by atoms with Crippen LogP contribution in [0.1, 0.15) is 5.56 Å². The Bertz CT molecular complexity index is 1070. The van der Waals surface area contributed by atoms with Crippen LogP contribution in [0.25, 0.3) is 16.9 Å². The largest absolute Gasteiger partial charge is 0.384 e. The minimum atomic E-state index is 0.417. The molecular formula is C18H17BN6. The summed E-state index contributed by atoms with van der Waals surface area (Å²) in [6.07, 6.45) is 1.46. The first-order valence-corrected chi connectivity index (χ1v) is 8.01. The van der Waals surface area contributed by atoms with Crippen molar-refractivity contribution in [2.75, 3.05) is 11.1 Å². The lowest BCUT2D eigenvalue weighted by atomic mass is 9.94. The topological polar surface area (TPSA) is 81.7 Å². The number of nitrogens with zero attached hydrogens (tertiary/aromatic N) is 4. The summed E-state index contributed by atoms with van der Waals surface area (Å²) in [5.74, 6) is 1.78. The highest BCUT2D eigenvalue weighted by atomic mass is 15.2. The number of benzene rings is 2. The van der Waals surface area contributed by atoms with Crippen molar-refractivity contribution < 1.29 is 0 Å². The van der Waals surface area contributed by atoms with E-state index in [-0.39, 0.29) is 0 Å². The van der Waals surface area contributed by atoms with Crippen LogP contribution in [0.5, 0.6) is 0 Å². The van der Waals surface area contributed by atoms with Crippen LogP contribution in [0.2, 0.25) is 0 Å². The molecule has 7 heteroatoms. The average Bonchev–Trinajstić information content (AvgIpc) is 2.96. The molecule has 2 aromatic carbocycles. The molecule has 0 bridgehead atoms. The molecule has 0 amide bonds. The standard InChI is InChI=1S/C18H17BN6/c1-11-6-7-12(19)8-14(11)24-18-23-13-4-2-3-5-15(13)25(18)17-9-16(20)21-10-22-17/h2-10H,19H2,1H3,(H,23,24)(H2,20,21,22). The van der Waals surface area contributed by atoms with Crippen LogP contribution in [0.3, 0.4) is 0 Å². The van der Waals surface area contributed by atoms with Gasteiger partial charge in [-0.3, -0.25) is 4.57 Å². The lowest BCUT2D eigenvalue weighted by molar-refractivity contribution is 1.00. The van der Waals surface area contributed by atoms with Crippen molar-refractivity contribution in [2.24, 2.45) is 0 Å². The first-order chi connectivity index (χ1) is 12.1. The van der Waals surface area contributed by atoms with Gasteiger partial charge in [-0.1, -0.05) is 29.7 Å². The summed E-state index contributed by atoms with van der Waals surface area (Å²) in [5, 5.41) is 3.44. The van der Waals surface area contributed by atoms with Crippen molar-refractivity contribution in [3.63, 3.8) is 0 Å². The smallest absolute Gasteiger partial charge is 0.214 e. The molecule has 0 spiro atoms. The number of anilines is 3. The van der Waals surface area contributed by atoms with Gasteiger partial charge in [0.25, 0.3) is 0 Å². The van der Waals surface area contributed by atoms with Crippen molar-refractivity contribution in [3.8, 4) is 5.82 Å². The molecule has 6 nitrogen and oxygen atoms in total. The van der Waals surface area contributed by atoms with Crippen molar-refractivity contribution in [1.82, 2.24) is 19.5 Å². The van der Waals surface area contributed by atoms with E-state index in [4.69, 9.17) is 10.7 Å². The fraction of sp³-hybridized carbons (Fsp3) is 0.0556. The molecule has 0 aliphatic heterocycles. The van der Waals surface area contributed by atoms with E-state index < -0.39 is 0 Å².